The number of phenols is 1. The first-order valence-corrected chi connectivity index (χ1v) is 9.22. The molecule has 6 nitrogen and oxygen atoms in total. The number of benzene rings is 1. The zero-order valence-electron chi connectivity index (χ0n) is 13.8. The molecule has 1 saturated carbocycles. The lowest BCUT2D eigenvalue weighted by Gasteiger charge is -2.36. The van der Waals surface area contributed by atoms with E-state index < -0.39 is 0 Å². The van der Waals surface area contributed by atoms with Crippen molar-refractivity contribution in [3.05, 3.63) is 46.4 Å². The molecule has 0 saturated heterocycles. The van der Waals surface area contributed by atoms with Gasteiger partial charge in [-0.15, -0.1) is 11.3 Å². The second-order valence-corrected chi connectivity index (χ2v) is 7.27. The van der Waals surface area contributed by atoms with Crippen LogP contribution in [0.5, 0.6) is 5.75 Å². The average Bonchev–Trinajstić information content (AvgIpc) is 3.08. The number of amides is 2. The molecule has 0 unspecified atom stereocenters. The number of rotatable bonds is 7. The first kappa shape index (κ1) is 17.4. The summed E-state index contributed by atoms with van der Waals surface area (Å²) in [6, 6.07) is 6.61. The number of phenolic OH excluding ortho intramolecular Hbond substituents is 1. The number of aromatic nitrogens is 1. The third kappa shape index (κ3) is 4.79. The summed E-state index contributed by atoms with van der Waals surface area (Å²) in [5.74, 6) is 0.177. The number of aromatic hydroxyl groups is 1. The Hall–Kier alpha value is -2.41. The highest BCUT2D eigenvalue weighted by molar-refractivity contribution is 7.09. The van der Waals surface area contributed by atoms with Crippen LogP contribution in [0.1, 0.15) is 34.5 Å². The molecule has 2 amide bonds. The Morgan fingerprint density at radius 3 is 2.80 bits per heavy atom. The van der Waals surface area contributed by atoms with E-state index in [1.54, 1.807) is 41.2 Å². The van der Waals surface area contributed by atoms with Crippen molar-refractivity contribution >= 4 is 23.2 Å². The Bertz CT molecular complexity index is 727. The van der Waals surface area contributed by atoms with Gasteiger partial charge in [0, 0.05) is 30.1 Å². The van der Waals surface area contributed by atoms with Gasteiger partial charge in [-0.3, -0.25) is 14.6 Å². The quantitative estimate of drug-likeness (QED) is 0.706. The molecule has 1 fully saturated rings. The minimum absolute atomic E-state index is 0.0101. The molecule has 3 rings (SSSR count). The van der Waals surface area contributed by atoms with E-state index in [-0.39, 0.29) is 23.6 Å². The van der Waals surface area contributed by atoms with E-state index in [9.17, 15) is 14.7 Å². The van der Waals surface area contributed by atoms with Crippen molar-refractivity contribution in [2.75, 3.05) is 6.54 Å². The molecule has 0 bridgehead atoms. The number of nitrogens with one attached hydrogen (secondary N) is 2. The molecule has 25 heavy (non-hydrogen) atoms. The highest BCUT2D eigenvalue weighted by atomic mass is 32.1. The van der Waals surface area contributed by atoms with Crippen LogP contribution in [0.3, 0.4) is 0 Å². The molecule has 1 aromatic heterocycles. The van der Waals surface area contributed by atoms with Crippen molar-refractivity contribution in [1.82, 2.24) is 15.6 Å². The molecule has 1 aliphatic rings. The number of nitrogens with zero attached hydrogens (tertiary/aromatic N) is 1. The third-order valence-electron chi connectivity index (χ3n) is 4.39. The molecule has 0 atom stereocenters. The second kappa shape index (κ2) is 8.11. The van der Waals surface area contributed by atoms with E-state index in [4.69, 9.17) is 0 Å². The summed E-state index contributed by atoms with van der Waals surface area (Å²) in [6.07, 6.45) is 4.67. The predicted octanol–water partition coefficient (Wildman–Crippen LogP) is 2.11. The van der Waals surface area contributed by atoms with Gasteiger partial charge in [0.15, 0.2) is 0 Å². The second-order valence-electron chi connectivity index (χ2n) is 6.30. The number of aryl methyl sites for hydroxylation is 1. The van der Waals surface area contributed by atoms with Gasteiger partial charge < -0.3 is 15.7 Å². The van der Waals surface area contributed by atoms with Crippen LogP contribution >= 0.6 is 11.3 Å². The molecule has 1 aliphatic carbocycles. The molecule has 0 spiro atoms. The maximum Gasteiger partial charge on any atom is 0.255 e. The fourth-order valence-electron chi connectivity index (χ4n) is 2.90. The van der Waals surface area contributed by atoms with Gasteiger partial charge in [-0.05, 0) is 37.3 Å². The van der Waals surface area contributed by atoms with Gasteiger partial charge in [-0.2, -0.15) is 0 Å². The lowest BCUT2D eigenvalue weighted by molar-refractivity contribution is -0.121. The van der Waals surface area contributed by atoms with Gasteiger partial charge in [0.2, 0.25) is 5.91 Å². The molecule has 2 aromatic rings. The summed E-state index contributed by atoms with van der Waals surface area (Å²) in [7, 11) is 0. The van der Waals surface area contributed by atoms with Crippen LogP contribution in [-0.2, 0) is 11.2 Å². The van der Waals surface area contributed by atoms with Crippen molar-refractivity contribution in [2.24, 2.45) is 5.92 Å². The Labute approximate surface area is 150 Å². The van der Waals surface area contributed by atoms with Gasteiger partial charge in [0.25, 0.3) is 5.91 Å². The number of thiazole rings is 1. The number of carbonyl (C=O) groups is 2. The summed E-state index contributed by atoms with van der Waals surface area (Å²) in [4.78, 5) is 29.0. The maximum atomic E-state index is 12.1. The fraction of sp³-hybridized carbons (Fsp3) is 0.389. The summed E-state index contributed by atoms with van der Waals surface area (Å²) in [5.41, 5.74) is 2.06. The monoisotopic (exact) mass is 359 g/mol. The number of hydrogen-bond acceptors (Lipinski definition) is 5. The zero-order valence-corrected chi connectivity index (χ0v) is 14.6. The van der Waals surface area contributed by atoms with E-state index in [0.717, 1.165) is 24.1 Å². The van der Waals surface area contributed by atoms with Crippen LogP contribution in [0.4, 0.5) is 0 Å². The predicted molar refractivity (Wildman–Crippen MR) is 95.5 cm³/mol. The molecule has 0 radical (unpaired) electrons. The van der Waals surface area contributed by atoms with Crippen LogP contribution in [0.15, 0.2) is 36.0 Å². The summed E-state index contributed by atoms with van der Waals surface area (Å²) >= 11 is 1.56. The molecule has 7 heteroatoms. The molecule has 0 aliphatic heterocycles. The van der Waals surface area contributed by atoms with Gasteiger partial charge in [0.05, 0.1) is 11.1 Å². The van der Waals surface area contributed by atoms with Gasteiger partial charge in [-0.25, -0.2) is 0 Å². The van der Waals surface area contributed by atoms with E-state index >= 15 is 0 Å². The molecule has 1 aromatic carbocycles. The van der Waals surface area contributed by atoms with E-state index in [2.05, 4.69) is 15.6 Å². The minimum Gasteiger partial charge on any atom is -0.507 e. The van der Waals surface area contributed by atoms with Crippen molar-refractivity contribution in [3.63, 3.8) is 0 Å². The number of carbonyl (C=O) groups excluding carboxylic acids is 2. The van der Waals surface area contributed by atoms with E-state index in [1.165, 1.54) is 6.07 Å². The van der Waals surface area contributed by atoms with Gasteiger partial charge >= 0.3 is 0 Å². The number of hydrogen-bond donors (Lipinski definition) is 3. The third-order valence-corrected chi connectivity index (χ3v) is 5.23. The van der Waals surface area contributed by atoms with Crippen LogP contribution in [0, 0.1) is 5.92 Å². The van der Waals surface area contributed by atoms with Crippen LogP contribution < -0.4 is 10.6 Å². The van der Waals surface area contributed by atoms with Crippen LogP contribution in [-0.4, -0.2) is 34.5 Å². The average molecular weight is 359 g/mol. The molecule has 3 N–H and O–H groups in total. The highest BCUT2D eigenvalue weighted by Crippen LogP contribution is 2.27. The Morgan fingerprint density at radius 2 is 2.08 bits per heavy atom. The van der Waals surface area contributed by atoms with Crippen molar-refractivity contribution < 1.29 is 14.7 Å². The van der Waals surface area contributed by atoms with Crippen LogP contribution in [0.25, 0.3) is 0 Å². The van der Waals surface area contributed by atoms with E-state index in [1.807, 2.05) is 0 Å². The molecular formula is C18H21N3O3S. The van der Waals surface area contributed by atoms with Gasteiger partial charge in [0.1, 0.15) is 5.75 Å². The Morgan fingerprint density at radius 1 is 1.28 bits per heavy atom. The summed E-state index contributed by atoms with van der Waals surface area (Å²) in [6.45, 7) is 0.643. The van der Waals surface area contributed by atoms with E-state index in [0.29, 0.717) is 24.4 Å². The topological polar surface area (TPSA) is 91.3 Å². The fourth-order valence-corrected chi connectivity index (χ4v) is 3.50. The summed E-state index contributed by atoms with van der Waals surface area (Å²) < 4.78 is 0. The van der Waals surface area contributed by atoms with Crippen LogP contribution in [0.2, 0.25) is 0 Å². The lowest BCUT2D eigenvalue weighted by atomic mass is 9.80. The highest BCUT2D eigenvalue weighted by Gasteiger charge is 2.30. The summed E-state index contributed by atoms with van der Waals surface area (Å²) in [5, 5.41) is 15.6. The van der Waals surface area contributed by atoms with Crippen molar-refractivity contribution in [2.45, 2.75) is 31.7 Å². The smallest absolute Gasteiger partial charge is 0.255 e. The van der Waals surface area contributed by atoms with Crippen molar-refractivity contribution in [3.8, 4) is 5.75 Å². The van der Waals surface area contributed by atoms with Crippen molar-refractivity contribution in [1.29, 1.82) is 0 Å². The lowest BCUT2D eigenvalue weighted by Crippen LogP contribution is -2.47. The first-order valence-electron chi connectivity index (χ1n) is 8.34. The molecule has 132 valence electrons. The SMILES string of the molecule is O=C(CCc1cncs1)NCC1CC(NC(=O)c2ccccc2O)C1. The standard InChI is InChI=1S/C18H21N3O3S/c22-16-4-2-1-3-15(16)18(24)21-13-7-12(8-13)9-20-17(23)6-5-14-10-19-11-25-14/h1-4,10-13,22H,5-9H2,(H,20,23)(H,21,24). The maximum absolute atomic E-state index is 12.1. The minimum atomic E-state index is -0.254. The normalized spacial score (nSPS) is 19.0. The molecule has 1 heterocycles. The largest absolute Gasteiger partial charge is 0.507 e. The Balaban J connectivity index is 1.32. The number of para-hydroxylation sites is 1. The Kier molecular flexibility index (Phi) is 5.65. The first-order chi connectivity index (χ1) is 12.1. The van der Waals surface area contributed by atoms with Gasteiger partial charge in [-0.1, -0.05) is 12.1 Å². The molecular weight excluding hydrogens is 338 g/mol. The zero-order chi connectivity index (χ0) is 17.6.